The Hall–Kier alpha value is -3.48. The van der Waals surface area contributed by atoms with E-state index in [1.165, 1.54) is 5.56 Å². The molecular weight excluding hydrogens is 400 g/mol. The van der Waals surface area contributed by atoms with Crippen molar-refractivity contribution < 1.29 is 4.79 Å². The van der Waals surface area contributed by atoms with Gasteiger partial charge in [0.25, 0.3) is 5.95 Å². The lowest BCUT2D eigenvalue weighted by Crippen LogP contribution is -2.45. The number of amides is 1. The minimum atomic E-state index is -0.141. The van der Waals surface area contributed by atoms with Gasteiger partial charge < -0.3 is 4.90 Å². The summed E-state index contributed by atoms with van der Waals surface area (Å²) in [6.07, 6.45) is 4.27. The van der Waals surface area contributed by atoms with Crippen molar-refractivity contribution in [2.45, 2.75) is 32.7 Å². The molecule has 0 aliphatic carbocycles. The molecule has 1 aromatic heterocycles. The predicted octanol–water partition coefficient (Wildman–Crippen LogP) is 3.69. The Labute approximate surface area is 188 Å². The van der Waals surface area contributed by atoms with Crippen LogP contribution in [0.5, 0.6) is 0 Å². The zero-order valence-electron chi connectivity index (χ0n) is 18.6. The number of rotatable bonds is 4. The average Bonchev–Trinajstić information content (AvgIpc) is 3.31. The molecule has 5 rings (SSSR count). The van der Waals surface area contributed by atoms with Crippen molar-refractivity contribution in [3.8, 4) is 0 Å². The predicted molar refractivity (Wildman–Crippen MR) is 124 cm³/mol. The number of carbonyl (C=O) groups is 1. The second-order valence-corrected chi connectivity index (χ2v) is 8.85. The van der Waals surface area contributed by atoms with Gasteiger partial charge in [-0.3, -0.25) is 9.69 Å². The van der Waals surface area contributed by atoms with E-state index in [0.717, 1.165) is 42.8 Å². The molecule has 2 aromatic carbocycles. The molecule has 1 atom stereocenters. The van der Waals surface area contributed by atoms with Crippen molar-refractivity contribution in [3.63, 3.8) is 0 Å². The number of nitrogens with zero attached hydrogens (tertiary/aromatic N) is 6. The molecule has 32 heavy (non-hydrogen) atoms. The van der Waals surface area contributed by atoms with Crippen molar-refractivity contribution in [1.82, 2.24) is 25.1 Å². The molecule has 1 saturated heterocycles. The molecule has 0 spiro atoms. The SMILES string of the molecule is Cc1ccc([C@H]2C=C(c3ccccc3)N(CC(=O)N3CCC(C)CC3)c3nnnn32)cc1. The number of piperidine rings is 1. The molecule has 1 amide bonds. The zero-order chi connectivity index (χ0) is 22.1. The second-order valence-electron chi connectivity index (χ2n) is 8.85. The van der Waals surface area contributed by atoms with Gasteiger partial charge in [-0.15, -0.1) is 0 Å². The molecule has 3 aromatic rings. The summed E-state index contributed by atoms with van der Waals surface area (Å²) >= 11 is 0. The molecule has 0 N–H and O–H groups in total. The van der Waals surface area contributed by atoms with Crippen molar-refractivity contribution in [1.29, 1.82) is 0 Å². The molecule has 164 valence electrons. The van der Waals surface area contributed by atoms with Gasteiger partial charge in [0.05, 0.1) is 5.70 Å². The summed E-state index contributed by atoms with van der Waals surface area (Å²) in [5.41, 5.74) is 4.31. The number of tetrazole rings is 1. The largest absolute Gasteiger partial charge is 0.341 e. The van der Waals surface area contributed by atoms with Gasteiger partial charge >= 0.3 is 0 Å². The number of fused-ring (bicyclic) bond motifs is 1. The Kier molecular flexibility index (Phi) is 5.47. The summed E-state index contributed by atoms with van der Waals surface area (Å²) in [7, 11) is 0. The second kappa shape index (κ2) is 8.57. The van der Waals surface area contributed by atoms with E-state index in [-0.39, 0.29) is 18.5 Å². The van der Waals surface area contributed by atoms with Gasteiger partial charge in [-0.1, -0.05) is 72.2 Å². The van der Waals surface area contributed by atoms with Gasteiger partial charge in [-0.05, 0) is 53.3 Å². The van der Waals surface area contributed by atoms with Gasteiger partial charge in [-0.25, -0.2) is 0 Å². The summed E-state index contributed by atoms with van der Waals surface area (Å²) in [5, 5.41) is 12.6. The third-order valence-corrected chi connectivity index (χ3v) is 6.51. The van der Waals surface area contributed by atoms with E-state index in [1.54, 1.807) is 0 Å². The van der Waals surface area contributed by atoms with Crippen LogP contribution in [0.1, 0.15) is 42.5 Å². The standard InChI is InChI=1S/C25H28N6O/c1-18-8-10-21(11-9-18)23-16-22(20-6-4-3-5-7-20)30(25-26-27-28-31(23)25)17-24(32)29-14-12-19(2)13-15-29/h3-11,16,19,23H,12-15,17H2,1-2H3/t23-/m1/s1. The topological polar surface area (TPSA) is 67.2 Å². The number of carbonyl (C=O) groups excluding carboxylic acids is 1. The number of benzene rings is 2. The van der Waals surface area contributed by atoms with Gasteiger partial charge in [0.2, 0.25) is 5.91 Å². The average molecular weight is 429 g/mol. The highest BCUT2D eigenvalue weighted by molar-refractivity contribution is 5.89. The van der Waals surface area contributed by atoms with Crippen LogP contribution in [0.4, 0.5) is 5.95 Å². The third-order valence-electron chi connectivity index (χ3n) is 6.51. The van der Waals surface area contributed by atoms with E-state index >= 15 is 0 Å². The number of aryl methyl sites for hydroxylation is 1. The summed E-state index contributed by atoms with van der Waals surface area (Å²) < 4.78 is 1.81. The molecular formula is C25H28N6O. The number of allylic oxidation sites excluding steroid dienone is 1. The summed E-state index contributed by atoms with van der Waals surface area (Å²) in [6.45, 7) is 6.18. The summed E-state index contributed by atoms with van der Waals surface area (Å²) in [6, 6.07) is 18.4. The summed E-state index contributed by atoms with van der Waals surface area (Å²) in [5.74, 6) is 1.38. The maximum Gasteiger partial charge on any atom is 0.251 e. The first-order chi connectivity index (χ1) is 15.6. The number of likely N-dealkylation sites (tertiary alicyclic amines) is 1. The van der Waals surface area contributed by atoms with Crippen LogP contribution in [0.25, 0.3) is 5.70 Å². The quantitative estimate of drug-likeness (QED) is 0.634. The molecule has 2 aliphatic rings. The van der Waals surface area contributed by atoms with E-state index in [9.17, 15) is 4.79 Å². The highest BCUT2D eigenvalue weighted by Gasteiger charge is 2.33. The Bertz CT molecular complexity index is 1110. The minimum Gasteiger partial charge on any atom is -0.341 e. The Morgan fingerprint density at radius 1 is 1.03 bits per heavy atom. The molecule has 1 fully saturated rings. The zero-order valence-corrected chi connectivity index (χ0v) is 18.6. The maximum absolute atomic E-state index is 13.2. The number of aromatic nitrogens is 4. The molecule has 7 nitrogen and oxygen atoms in total. The van der Waals surface area contributed by atoms with Crippen LogP contribution in [0.3, 0.4) is 0 Å². The third kappa shape index (κ3) is 3.90. The van der Waals surface area contributed by atoms with Crippen LogP contribution in [-0.2, 0) is 4.79 Å². The van der Waals surface area contributed by atoms with Crippen LogP contribution in [-0.4, -0.2) is 50.6 Å². The smallest absolute Gasteiger partial charge is 0.251 e. The Morgan fingerprint density at radius 2 is 1.75 bits per heavy atom. The Morgan fingerprint density at radius 3 is 2.47 bits per heavy atom. The lowest BCUT2D eigenvalue weighted by atomic mass is 9.98. The molecule has 2 aliphatic heterocycles. The van der Waals surface area contributed by atoms with E-state index in [4.69, 9.17) is 0 Å². The van der Waals surface area contributed by atoms with Crippen LogP contribution < -0.4 is 4.90 Å². The fraction of sp³-hybridized carbons (Fsp3) is 0.360. The first kappa shape index (κ1) is 20.4. The Balaban J connectivity index is 1.53. The van der Waals surface area contributed by atoms with Crippen molar-refractivity contribution in [2.75, 3.05) is 24.5 Å². The van der Waals surface area contributed by atoms with E-state index in [1.807, 2.05) is 32.7 Å². The van der Waals surface area contributed by atoms with Gasteiger partial charge in [-0.2, -0.15) is 4.68 Å². The van der Waals surface area contributed by atoms with Crippen LogP contribution in [0.15, 0.2) is 60.7 Å². The molecule has 0 unspecified atom stereocenters. The fourth-order valence-corrected chi connectivity index (χ4v) is 4.48. The van der Waals surface area contributed by atoms with Crippen LogP contribution in [0.2, 0.25) is 0 Å². The van der Waals surface area contributed by atoms with E-state index in [0.29, 0.717) is 11.9 Å². The molecule has 7 heteroatoms. The molecule has 0 radical (unpaired) electrons. The number of hydrogen-bond acceptors (Lipinski definition) is 5. The highest BCUT2D eigenvalue weighted by atomic mass is 16.2. The first-order valence-electron chi connectivity index (χ1n) is 11.3. The molecule has 0 bridgehead atoms. The normalized spacial score (nSPS) is 18.9. The van der Waals surface area contributed by atoms with Crippen molar-refractivity contribution in [2.24, 2.45) is 5.92 Å². The molecule has 3 heterocycles. The first-order valence-corrected chi connectivity index (χ1v) is 11.3. The molecule has 0 saturated carbocycles. The lowest BCUT2D eigenvalue weighted by molar-refractivity contribution is -0.130. The summed E-state index contributed by atoms with van der Waals surface area (Å²) in [4.78, 5) is 17.2. The number of anilines is 1. The van der Waals surface area contributed by atoms with Crippen molar-refractivity contribution >= 4 is 17.6 Å². The van der Waals surface area contributed by atoms with Crippen LogP contribution in [0, 0.1) is 12.8 Å². The maximum atomic E-state index is 13.2. The number of hydrogen-bond donors (Lipinski definition) is 0. The van der Waals surface area contributed by atoms with E-state index in [2.05, 4.69) is 71.8 Å². The highest BCUT2D eigenvalue weighted by Crippen LogP contribution is 2.36. The van der Waals surface area contributed by atoms with E-state index < -0.39 is 0 Å². The van der Waals surface area contributed by atoms with Crippen molar-refractivity contribution in [3.05, 3.63) is 77.4 Å². The fourth-order valence-electron chi connectivity index (χ4n) is 4.48. The van der Waals surface area contributed by atoms with Gasteiger partial charge in [0, 0.05) is 13.1 Å². The lowest BCUT2D eigenvalue weighted by Gasteiger charge is -2.35. The minimum absolute atomic E-state index is 0.113. The van der Waals surface area contributed by atoms with Crippen LogP contribution >= 0.6 is 0 Å². The monoisotopic (exact) mass is 428 g/mol. The van der Waals surface area contributed by atoms with Gasteiger partial charge in [0.1, 0.15) is 12.6 Å². The van der Waals surface area contributed by atoms with Gasteiger partial charge in [0.15, 0.2) is 0 Å².